The number of anilines is 1. The van der Waals surface area contributed by atoms with E-state index in [4.69, 9.17) is 5.26 Å². The molecule has 0 radical (unpaired) electrons. The molecule has 0 aromatic heterocycles. The van der Waals surface area contributed by atoms with Crippen molar-refractivity contribution >= 4 is 21.6 Å². The molecule has 0 bridgehead atoms. The van der Waals surface area contributed by atoms with E-state index in [2.05, 4.69) is 18.0 Å². The largest absolute Gasteiger partial charge is 0.322 e. The smallest absolute Gasteiger partial charge is 0.255 e. The van der Waals surface area contributed by atoms with Crippen molar-refractivity contribution < 1.29 is 13.2 Å². The highest BCUT2D eigenvalue weighted by molar-refractivity contribution is 7.89. The highest BCUT2D eigenvalue weighted by Gasteiger charge is 2.23. The van der Waals surface area contributed by atoms with E-state index < -0.39 is 10.0 Å². The zero-order chi connectivity index (χ0) is 23.0. The summed E-state index contributed by atoms with van der Waals surface area (Å²) < 4.78 is 27.3. The molecule has 162 valence electrons. The number of benzene rings is 3. The fourth-order valence-electron chi connectivity index (χ4n) is 3.10. The van der Waals surface area contributed by atoms with E-state index in [1.54, 1.807) is 84.9 Å². The third kappa shape index (κ3) is 5.70. The predicted molar refractivity (Wildman–Crippen MR) is 124 cm³/mol. The number of nitrogens with one attached hydrogen (secondary N) is 1. The summed E-state index contributed by atoms with van der Waals surface area (Å²) in [6.45, 7) is 3.99. The molecule has 3 rings (SSSR count). The number of nitrogens with zero attached hydrogens (tertiary/aromatic N) is 2. The van der Waals surface area contributed by atoms with Crippen LogP contribution in [0.15, 0.2) is 96.4 Å². The van der Waals surface area contributed by atoms with Gasteiger partial charge in [0.25, 0.3) is 5.91 Å². The highest BCUT2D eigenvalue weighted by Crippen LogP contribution is 2.19. The van der Waals surface area contributed by atoms with Crippen molar-refractivity contribution in [1.29, 1.82) is 5.26 Å². The van der Waals surface area contributed by atoms with Crippen LogP contribution in [0.1, 0.15) is 21.5 Å². The number of sulfonamides is 1. The Kier molecular flexibility index (Phi) is 7.55. The molecule has 0 aliphatic heterocycles. The first-order valence-electron chi connectivity index (χ1n) is 9.96. The van der Waals surface area contributed by atoms with E-state index in [1.165, 1.54) is 4.31 Å². The standard InChI is InChI=1S/C25H23N3O3S/c1-2-18-28(32(30,31)24-6-4-3-5-7-24)19-21-8-12-22(13-9-21)25(29)27-23-14-10-20(11-15-23)16-17-26/h2-15H,1,16,18-19H2,(H,27,29). The van der Waals surface area contributed by atoms with Crippen molar-refractivity contribution in [2.24, 2.45) is 0 Å². The molecular weight excluding hydrogens is 422 g/mol. The third-order valence-electron chi connectivity index (χ3n) is 4.78. The van der Waals surface area contributed by atoms with E-state index >= 15 is 0 Å². The first-order valence-corrected chi connectivity index (χ1v) is 11.4. The van der Waals surface area contributed by atoms with Crippen LogP contribution in [0, 0.1) is 11.3 Å². The Balaban J connectivity index is 1.70. The topological polar surface area (TPSA) is 90.3 Å². The molecule has 0 spiro atoms. The molecule has 0 heterocycles. The summed E-state index contributed by atoms with van der Waals surface area (Å²) in [5.41, 5.74) is 2.72. The second-order valence-corrected chi connectivity index (χ2v) is 9.02. The monoisotopic (exact) mass is 445 g/mol. The Hall–Kier alpha value is -3.73. The van der Waals surface area contributed by atoms with Gasteiger partial charge in [-0.3, -0.25) is 4.79 Å². The second-order valence-electron chi connectivity index (χ2n) is 7.08. The molecule has 7 heteroatoms. The van der Waals surface area contributed by atoms with Crippen LogP contribution in [0.25, 0.3) is 0 Å². The molecule has 0 atom stereocenters. The van der Waals surface area contributed by atoms with Gasteiger partial charge in [0.2, 0.25) is 10.0 Å². The molecule has 0 fully saturated rings. The quantitative estimate of drug-likeness (QED) is 0.495. The average molecular weight is 446 g/mol. The molecule has 6 nitrogen and oxygen atoms in total. The zero-order valence-corrected chi connectivity index (χ0v) is 18.3. The normalized spacial score (nSPS) is 11.0. The summed E-state index contributed by atoms with van der Waals surface area (Å²) in [6, 6.07) is 24.2. The van der Waals surface area contributed by atoms with E-state index in [9.17, 15) is 13.2 Å². The Morgan fingerprint density at radius 1 is 0.969 bits per heavy atom. The molecule has 3 aromatic carbocycles. The maximum Gasteiger partial charge on any atom is 0.255 e. The van der Waals surface area contributed by atoms with Gasteiger partial charge in [-0.25, -0.2) is 8.42 Å². The number of nitriles is 1. The molecule has 0 unspecified atom stereocenters. The van der Waals surface area contributed by atoms with Crippen molar-refractivity contribution in [2.45, 2.75) is 17.9 Å². The molecule has 0 saturated carbocycles. The minimum Gasteiger partial charge on any atom is -0.322 e. The van der Waals surface area contributed by atoms with Crippen LogP contribution in [0.5, 0.6) is 0 Å². The van der Waals surface area contributed by atoms with E-state index in [-0.39, 0.29) is 23.9 Å². The van der Waals surface area contributed by atoms with Gasteiger partial charge in [-0.05, 0) is 47.5 Å². The Labute approximate surface area is 188 Å². The number of hydrogen-bond donors (Lipinski definition) is 1. The van der Waals surface area contributed by atoms with Gasteiger partial charge in [0.05, 0.1) is 17.4 Å². The van der Waals surface area contributed by atoms with E-state index in [0.29, 0.717) is 17.7 Å². The maximum absolute atomic E-state index is 13.0. The number of hydrogen-bond acceptors (Lipinski definition) is 4. The van der Waals surface area contributed by atoms with E-state index in [0.717, 1.165) is 11.1 Å². The number of carbonyl (C=O) groups is 1. The van der Waals surface area contributed by atoms with Crippen molar-refractivity contribution in [3.8, 4) is 6.07 Å². The van der Waals surface area contributed by atoms with Crippen LogP contribution in [0.4, 0.5) is 5.69 Å². The Bertz CT molecular complexity index is 1210. The minimum atomic E-state index is -3.67. The van der Waals surface area contributed by atoms with Crippen LogP contribution in [-0.2, 0) is 23.0 Å². The zero-order valence-electron chi connectivity index (χ0n) is 17.4. The summed E-state index contributed by atoms with van der Waals surface area (Å²) >= 11 is 0. The van der Waals surface area contributed by atoms with Gasteiger partial charge in [-0.15, -0.1) is 6.58 Å². The number of amides is 1. The van der Waals surface area contributed by atoms with Gasteiger partial charge in [0.15, 0.2) is 0 Å². The van der Waals surface area contributed by atoms with E-state index in [1.807, 2.05) is 0 Å². The highest BCUT2D eigenvalue weighted by atomic mass is 32.2. The maximum atomic E-state index is 13.0. The summed E-state index contributed by atoms with van der Waals surface area (Å²) in [4.78, 5) is 12.7. The van der Waals surface area contributed by atoms with Crippen LogP contribution >= 0.6 is 0 Å². The fraction of sp³-hybridized carbons (Fsp3) is 0.120. The third-order valence-corrected chi connectivity index (χ3v) is 6.61. The van der Waals surface area contributed by atoms with Crippen LogP contribution in [-0.4, -0.2) is 25.2 Å². The van der Waals surface area contributed by atoms with Gasteiger partial charge >= 0.3 is 0 Å². The molecule has 1 N–H and O–H groups in total. The summed E-state index contributed by atoms with van der Waals surface area (Å²) in [5.74, 6) is -0.274. The average Bonchev–Trinajstić information content (AvgIpc) is 2.81. The molecular formula is C25H23N3O3S. The molecule has 0 aliphatic carbocycles. The lowest BCUT2D eigenvalue weighted by Gasteiger charge is -2.21. The van der Waals surface area contributed by atoms with Crippen LogP contribution in [0.3, 0.4) is 0 Å². The minimum absolute atomic E-state index is 0.158. The lowest BCUT2D eigenvalue weighted by molar-refractivity contribution is 0.102. The second kappa shape index (κ2) is 10.5. The fourth-order valence-corrected chi connectivity index (χ4v) is 4.52. The SMILES string of the molecule is C=CCN(Cc1ccc(C(=O)Nc2ccc(CC#N)cc2)cc1)S(=O)(=O)c1ccccc1. The van der Waals surface area contributed by atoms with Gasteiger partial charge in [0.1, 0.15) is 0 Å². The predicted octanol–water partition coefficient (Wildman–Crippen LogP) is 4.38. The van der Waals surface area contributed by atoms with Crippen molar-refractivity contribution in [3.63, 3.8) is 0 Å². The lowest BCUT2D eigenvalue weighted by Crippen LogP contribution is -2.30. The summed E-state index contributed by atoms with van der Waals surface area (Å²) in [5, 5.41) is 11.5. The molecule has 1 amide bonds. The van der Waals surface area contributed by atoms with Gasteiger partial charge < -0.3 is 5.32 Å². The molecule has 3 aromatic rings. The van der Waals surface area contributed by atoms with Crippen molar-refractivity contribution in [2.75, 3.05) is 11.9 Å². The van der Waals surface area contributed by atoms with Crippen LogP contribution < -0.4 is 5.32 Å². The van der Waals surface area contributed by atoms with Crippen molar-refractivity contribution in [1.82, 2.24) is 4.31 Å². The lowest BCUT2D eigenvalue weighted by atomic mass is 10.1. The Morgan fingerprint density at radius 2 is 1.59 bits per heavy atom. The molecule has 0 saturated heterocycles. The Morgan fingerprint density at radius 3 is 2.19 bits per heavy atom. The number of rotatable bonds is 9. The van der Waals surface area contributed by atoms with Gasteiger partial charge in [-0.2, -0.15) is 9.57 Å². The first-order chi connectivity index (χ1) is 15.4. The van der Waals surface area contributed by atoms with Gasteiger partial charge in [0, 0.05) is 24.3 Å². The van der Waals surface area contributed by atoms with Crippen molar-refractivity contribution in [3.05, 3.63) is 108 Å². The van der Waals surface area contributed by atoms with Gasteiger partial charge in [-0.1, -0.05) is 48.5 Å². The van der Waals surface area contributed by atoms with Crippen LogP contribution in [0.2, 0.25) is 0 Å². The summed E-state index contributed by atoms with van der Waals surface area (Å²) in [7, 11) is -3.67. The summed E-state index contributed by atoms with van der Waals surface area (Å²) in [6.07, 6.45) is 1.86. The first kappa shape index (κ1) is 22.9. The molecule has 0 aliphatic rings. The molecule has 32 heavy (non-hydrogen) atoms. The number of carbonyl (C=O) groups excluding carboxylic acids is 1.